The van der Waals surface area contributed by atoms with Crippen molar-refractivity contribution >= 4 is 15.9 Å². The van der Waals surface area contributed by atoms with Crippen LogP contribution in [0.2, 0.25) is 0 Å². The molecule has 0 aliphatic rings. The molecule has 2 rings (SSSR count). The van der Waals surface area contributed by atoms with E-state index in [0.29, 0.717) is 5.56 Å². The van der Waals surface area contributed by atoms with E-state index in [-0.39, 0.29) is 5.56 Å². The van der Waals surface area contributed by atoms with Crippen molar-refractivity contribution in [3.63, 3.8) is 0 Å². The van der Waals surface area contributed by atoms with Crippen molar-refractivity contribution in [2.75, 3.05) is 0 Å². The van der Waals surface area contributed by atoms with Gasteiger partial charge in [-0.3, -0.25) is 0 Å². The molecule has 0 atom stereocenters. The number of rotatable bonds is 2. The number of hydrogen-bond acceptors (Lipinski definition) is 0. The van der Waals surface area contributed by atoms with Crippen LogP contribution in [0.3, 0.4) is 0 Å². The lowest BCUT2D eigenvalue weighted by Gasteiger charge is -2.12. The molecule has 2 aromatic rings. The van der Waals surface area contributed by atoms with Gasteiger partial charge in [0.2, 0.25) is 0 Å². The summed E-state index contributed by atoms with van der Waals surface area (Å²) in [6.45, 7) is 0. The van der Waals surface area contributed by atoms with E-state index in [4.69, 9.17) is 0 Å². The SMILES string of the molecule is Fc1cc(-c2ccccc2)cc(F)c1C(F)(F)Br. The second-order valence-electron chi connectivity index (χ2n) is 3.68. The lowest BCUT2D eigenvalue weighted by molar-refractivity contribution is 0.105. The van der Waals surface area contributed by atoms with Crippen molar-refractivity contribution in [2.45, 2.75) is 4.83 Å². The second-order valence-corrected chi connectivity index (χ2v) is 4.67. The van der Waals surface area contributed by atoms with Crippen LogP contribution in [-0.2, 0) is 4.83 Å². The van der Waals surface area contributed by atoms with Crippen LogP contribution in [0.25, 0.3) is 11.1 Å². The maximum atomic E-state index is 13.5. The number of alkyl halides is 3. The summed E-state index contributed by atoms with van der Waals surface area (Å²) in [6, 6.07) is 10.2. The minimum Gasteiger partial charge on any atom is -0.206 e. The summed E-state index contributed by atoms with van der Waals surface area (Å²) in [4.78, 5) is -3.73. The van der Waals surface area contributed by atoms with Gasteiger partial charge in [-0.2, -0.15) is 8.78 Å². The quantitative estimate of drug-likeness (QED) is 0.535. The highest BCUT2D eigenvalue weighted by atomic mass is 79.9. The first-order chi connectivity index (χ1) is 8.39. The third kappa shape index (κ3) is 2.56. The van der Waals surface area contributed by atoms with Crippen LogP contribution in [0.5, 0.6) is 0 Å². The van der Waals surface area contributed by atoms with Gasteiger partial charge in [0.1, 0.15) is 17.2 Å². The van der Waals surface area contributed by atoms with Gasteiger partial charge < -0.3 is 0 Å². The van der Waals surface area contributed by atoms with Gasteiger partial charge >= 0.3 is 4.83 Å². The number of hydrogen-bond donors (Lipinski definition) is 0. The predicted octanol–water partition coefficient (Wildman–Crippen LogP) is 5.08. The Morgan fingerprint density at radius 2 is 1.33 bits per heavy atom. The van der Waals surface area contributed by atoms with Gasteiger partial charge in [0.25, 0.3) is 0 Å². The Morgan fingerprint density at radius 3 is 1.78 bits per heavy atom. The molecule has 0 saturated carbocycles. The Balaban J connectivity index is 2.57. The fourth-order valence-corrected chi connectivity index (χ4v) is 2.02. The van der Waals surface area contributed by atoms with Crippen LogP contribution < -0.4 is 0 Å². The van der Waals surface area contributed by atoms with E-state index in [9.17, 15) is 17.6 Å². The van der Waals surface area contributed by atoms with Crippen LogP contribution in [0.4, 0.5) is 17.6 Å². The molecular formula is C13H7BrF4. The molecule has 0 fully saturated rings. The molecule has 0 heterocycles. The van der Waals surface area contributed by atoms with Gasteiger partial charge in [0.15, 0.2) is 0 Å². The molecule has 0 aliphatic carbocycles. The topological polar surface area (TPSA) is 0 Å². The van der Waals surface area contributed by atoms with Gasteiger partial charge in [0, 0.05) is 0 Å². The Hall–Kier alpha value is -1.36. The lowest BCUT2D eigenvalue weighted by atomic mass is 10.0. The van der Waals surface area contributed by atoms with Crippen LogP contribution in [0.1, 0.15) is 5.56 Å². The minimum atomic E-state index is -3.73. The second kappa shape index (κ2) is 4.72. The molecule has 0 spiro atoms. The molecule has 0 amide bonds. The molecule has 0 unspecified atom stereocenters. The van der Waals surface area contributed by atoms with Crippen LogP contribution in [-0.4, -0.2) is 0 Å². The van der Waals surface area contributed by atoms with E-state index in [1.807, 2.05) is 15.9 Å². The van der Waals surface area contributed by atoms with Gasteiger partial charge in [0.05, 0.1) is 0 Å². The summed E-state index contributed by atoms with van der Waals surface area (Å²) in [6.07, 6.45) is 0. The summed E-state index contributed by atoms with van der Waals surface area (Å²) in [5.74, 6) is -2.56. The van der Waals surface area contributed by atoms with Crippen LogP contribution in [0.15, 0.2) is 42.5 Å². The maximum Gasteiger partial charge on any atom is 0.332 e. The molecule has 0 aromatic heterocycles. The lowest BCUT2D eigenvalue weighted by Crippen LogP contribution is -2.09. The smallest absolute Gasteiger partial charge is 0.206 e. The van der Waals surface area contributed by atoms with E-state index in [1.54, 1.807) is 30.3 Å². The maximum absolute atomic E-state index is 13.5. The number of halogens is 5. The first-order valence-electron chi connectivity index (χ1n) is 5.01. The van der Waals surface area contributed by atoms with E-state index < -0.39 is 22.0 Å². The Morgan fingerprint density at radius 1 is 0.833 bits per heavy atom. The molecule has 5 heteroatoms. The highest BCUT2D eigenvalue weighted by Gasteiger charge is 2.34. The Kier molecular flexibility index (Phi) is 3.43. The highest BCUT2D eigenvalue weighted by molar-refractivity contribution is 9.09. The largest absolute Gasteiger partial charge is 0.332 e. The molecule has 0 N–H and O–H groups in total. The molecular weight excluding hydrogens is 312 g/mol. The molecule has 0 nitrogen and oxygen atoms in total. The average Bonchev–Trinajstić information content (AvgIpc) is 2.27. The molecule has 0 bridgehead atoms. The van der Waals surface area contributed by atoms with Crippen molar-refractivity contribution in [2.24, 2.45) is 0 Å². The Labute approximate surface area is 109 Å². The molecule has 2 aromatic carbocycles. The molecule has 94 valence electrons. The zero-order chi connectivity index (χ0) is 13.3. The summed E-state index contributed by atoms with van der Waals surface area (Å²) in [5.41, 5.74) is -0.506. The molecule has 0 radical (unpaired) electrons. The van der Waals surface area contributed by atoms with E-state index in [1.165, 1.54) is 0 Å². The van der Waals surface area contributed by atoms with E-state index in [0.717, 1.165) is 12.1 Å². The third-order valence-electron chi connectivity index (χ3n) is 2.43. The van der Waals surface area contributed by atoms with Gasteiger partial charge in [-0.1, -0.05) is 30.3 Å². The number of benzene rings is 2. The fourth-order valence-electron chi connectivity index (χ4n) is 1.64. The summed E-state index contributed by atoms with van der Waals surface area (Å²) < 4.78 is 53.0. The minimum absolute atomic E-state index is 0.214. The van der Waals surface area contributed by atoms with Crippen LogP contribution in [0, 0.1) is 11.6 Å². The van der Waals surface area contributed by atoms with Crippen molar-refractivity contribution in [3.05, 3.63) is 59.7 Å². The zero-order valence-electron chi connectivity index (χ0n) is 8.93. The first kappa shape index (κ1) is 13.1. The Bertz CT molecular complexity index is 538. The van der Waals surface area contributed by atoms with Gasteiger partial charge in [-0.05, 0) is 39.2 Å². The normalized spacial score (nSPS) is 11.6. The van der Waals surface area contributed by atoms with E-state index in [2.05, 4.69) is 0 Å². The zero-order valence-corrected chi connectivity index (χ0v) is 10.5. The monoisotopic (exact) mass is 318 g/mol. The van der Waals surface area contributed by atoms with Crippen LogP contribution >= 0.6 is 15.9 Å². The van der Waals surface area contributed by atoms with Gasteiger partial charge in [-0.25, -0.2) is 8.78 Å². The average molecular weight is 319 g/mol. The molecule has 0 aliphatic heterocycles. The standard InChI is InChI=1S/C13H7BrF4/c14-13(17,18)12-10(15)6-9(7-11(12)16)8-4-2-1-3-5-8/h1-7H. The van der Waals surface area contributed by atoms with Crippen molar-refractivity contribution in [1.82, 2.24) is 0 Å². The van der Waals surface area contributed by atoms with Gasteiger partial charge in [-0.15, -0.1) is 0 Å². The fraction of sp³-hybridized carbons (Fsp3) is 0.0769. The summed E-state index contributed by atoms with van der Waals surface area (Å²) >= 11 is 1.96. The van der Waals surface area contributed by atoms with E-state index >= 15 is 0 Å². The van der Waals surface area contributed by atoms with Crippen molar-refractivity contribution in [3.8, 4) is 11.1 Å². The molecule has 18 heavy (non-hydrogen) atoms. The predicted molar refractivity (Wildman–Crippen MR) is 64.6 cm³/mol. The van der Waals surface area contributed by atoms with Crippen molar-refractivity contribution < 1.29 is 17.6 Å². The molecule has 0 saturated heterocycles. The summed E-state index contributed by atoms with van der Waals surface area (Å²) in [5, 5.41) is 0. The van der Waals surface area contributed by atoms with Crippen molar-refractivity contribution in [1.29, 1.82) is 0 Å². The first-order valence-corrected chi connectivity index (χ1v) is 5.80. The third-order valence-corrected chi connectivity index (χ3v) is 2.83. The summed E-state index contributed by atoms with van der Waals surface area (Å²) in [7, 11) is 0. The highest BCUT2D eigenvalue weighted by Crippen LogP contribution is 2.39.